The number of nitrogens with zero attached hydrogens (tertiary/aromatic N) is 1. The summed E-state index contributed by atoms with van der Waals surface area (Å²) in [6.07, 6.45) is -4.04. The maximum absolute atomic E-state index is 12.2. The second kappa shape index (κ2) is 3.66. The Morgan fingerprint density at radius 3 is 2.60 bits per heavy atom. The number of hydrogen-bond donors (Lipinski definition) is 1. The van der Waals surface area contributed by atoms with E-state index in [-0.39, 0.29) is 19.0 Å². The summed E-state index contributed by atoms with van der Waals surface area (Å²) in [6, 6.07) is 0. The maximum atomic E-state index is 12.2. The van der Waals surface area contributed by atoms with Crippen molar-refractivity contribution in [2.24, 2.45) is 11.8 Å². The van der Waals surface area contributed by atoms with Crippen LogP contribution in [0.5, 0.6) is 0 Å². The molecular weight excluding hydrogens is 209 g/mol. The first-order valence-corrected chi connectivity index (χ1v) is 5.05. The third kappa shape index (κ3) is 2.09. The minimum atomic E-state index is -4.72. The lowest BCUT2D eigenvalue weighted by atomic mass is 9.89. The number of piperidine rings is 1. The van der Waals surface area contributed by atoms with Gasteiger partial charge in [-0.15, -0.1) is 0 Å². The van der Waals surface area contributed by atoms with Crippen LogP contribution in [0.4, 0.5) is 13.2 Å². The minimum Gasteiger partial charge on any atom is -0.335 e. The van der Waals surface area contributed by atoms with Crippen molar-refractivity contribution in [1.29, 1.82) is 0 Å². The van der Waals surface area contributed by atoms with Gasteiger partial charge in [-0.3, -0.25) is 4.79 Å². The largest absolute Gasteiger partial charge is 0.471 e. The van der Waals surface area contributed by atoms with E-state index >= 15 is 0 Å². The Labute approximate surface area is 85.6 Å². The molecule has 0 saturated carbocycles. The number of amides is 1. The normalized spacial score (nSPS) is 31.5. The average Bonchev–Trinajstić information content (AvgIpc) is 2.61. The van der Waals surface area contributed by atoms with E-state index in [0.717, 1.165) is 18.0 Å². The lowest BCUT2D eigenvalue weighted by molar-refractivity contribution is -0.187. The molecule has 2 saturated heterocycles. The van der Waals surface area contributed by atoms with Gasteiger partial charge < -0.3 is 10.2 Å². The van der Waals surface area contributed by atoms with Crippen molar-refractivity contribution < 1.29 is 18.0 Å². The van der Waals surface area contributed by atoms with Gasteiger partial charge in [0.2, 0.25) is 0 Å². The van der Waals surface area contributed by atoms with Gasteiger partial charge in [0.15, 0.2) is 0 Å². The van der Waals surface area contributed by atoms with Crippen molar-refractivity contribution in [2.45, 2.75) is 12.6 Å². The van der Waals surface area contributed by atoms with Gasteiger partial charge in [-0.05, 0) is 31.3 Å². The Morgan fingerprint density at radius 2 is 1.93 bits per heavy atom. The molecule has 2 aliphatic heterocycles. The van der Waals surface area contributed by atoms with E-state index in [1.54, 1.807) is 0 Å². The minimum absolute atomic E-state index is 0.199. The quantitative estimate of drug-likeness (QED) is 0.651. The summed E-state index contributed by atoms with van der Waals surface area (Å²) in [5.41, 5.74) is 0. The zero-order valence-electron chi connectivity index (χ0n) is 8.18. The number of nitrogens with one attached hydrogen (secondary N) is 1. The second-order valence-electron chi connectivity index (χ2n) is 4.22. The predicted molar refractivity (Wildman–Crippen MR) is 47.1 cm³/mol. The third-order valence-corrected chi connectivity index (χ3v) is 3.23. The van der Waals surface area contributed by atoms with Gasteiger partial charge in [-0.25, -0.2) is 0 Å². The van der Waals surface area contributed by atoms with Gasteiger partial charge >= 0.3 is 12.1 Å². The van der Waals surface area contributed by atoms with Crippen molar-refractivity contribution in [3.05, 3.63) is 0 Å². The van der Waals surface area contributed by atoms with Crippen LogP contribution in [0.25, 0.3) is 0 Å². The highest BCUT2D eigenvalue weighted by Crippen LogP contribution is 2.29. The van der Waals surface area contributed by atoms with Crippen molar-refractivity contribution in [2.75, 3.05) is 26.2 Å². The highest BCUT2D eigenvalue weighted by atomic mass is 19.4. The van der Waals surface area contributed by atoms with Gasteiger partial charge in [-0.2, -0.15) is 13.2 Å². The van der Waals surface area contributed by atoms with E-state index in [4.69, 9.17) is 0 Å². The molecule has 0 radical (unpaired) electrons. The summed E-state index contributed by atoms with van der Waals surface area (Å²) < 4.78 is 36.5. The standard InChI is InChI=1S/C9H13F3N2O/c10-9(11,12)8(15)14-2-1-6-3-13-4-7(6)5-14/h6-7,13H,1-5H2. The van der Waals surface area contributed by atoms with Gasteiger partial charge in [0.05, 0.1) is 0 Å². The molecule has 2 fully saturated rings. The SMILES string of the molecule is O=C(N1CCC2CNCC2C1)C(F)(F)F. The van der Waals surface area contributed by atoms with Crippen LogP contribution in [0.15, 0.2) is 0 Å². The van der Waals surface area contributed by atoms with Gasteiger partial charge in [-0.1, -0.05) is 0 Å². The predicted octanol–water partition coefficient (Wildman–Crippen LogP) is 0.617. The Bertz CT molecular complexity index is 267. The molecule has 86 valence electrons. The fourth-order valence-corrected chi connectivity index (χ4v) is 2.40. The number of likely N-dealkylation sites (tertiary alicyclic amines) is 1. The van der Waals surface area contributed by atoms with E-state index < -0.39 is 12.1 Å². The number of fused-ring (bicyclic) bond motifs is 1. The van der Waals surface area contributed by atoms with E-state index in [0.29, 0.717) is 12.3 Å². The summed E-state index contributed by atoms with van der Waals surface area (Å²) in [4.78, 5) is 11.9. The summed E-state index contributed by atoms with van der Waals surface area (Å²) in [6.45, 7) is 2.09. The monoisotopic (exact) mass is 222 g/mol. The van der Waals surface area contributed by atoms with Crippen LogP contribution in [-0.4, -0.2) is 43.2 Å². The van der Waals surface area contributed by atoms with Crippen LogP contribution in [0.1, 0.15) is 6.42 Å². The van der Waals surface area contributed by atoms with Gasteiger partial charge in [0.1, 0.15) is 0 Å². The fraction of sp³-hybridized carbons (Fsp3) is 0.889. The number of halogens is 3. The molecule has 15 heavy (non-hydrogen) atoms. The van der Waals surface area contributed by atoms with Crippen LogP contribution in [0.2, 0.25) is 0 Å². The van der Waals surface area contributed by atoms with Crippen LogP contribution in [0.3, 0.4) is 0 Å². The molecule has 3 nitrogen and oxygen atoms in total. The molecule has 0 aromatic rings. The molecule has 0 aromatic heterocycles. The second-order valence-corrected chi connectivity index (χ2v) is 4.22. The topological polar surface area (TPSA) is 32.3 Å². The number of alkyl halides is 3. The molecule has 2 rings (SSSR count). The molecule has 2 atom stereocenters. The molecule has 2 aliphatic rings. The summed E-state index contributed by atoms with van der Waals surface area (Å²) in [5.74, 6) is -1.04. The molecule has 1 N–H and O–H groups in total. The molecule has 6 heteroatoms. The molecular formula is C9H13F3N2O. The number of rotatable bonds is 0. The lowest BCUT2D eigenvalue weighted by Gasteiger charge is -2.34. The zero-order chi connectivity index (χ0) is 11.1. The van der Waals surface area contributed by atoms with Gasteiger partial charge in [0.25, 0.3) is 0 Å². The van der Waals surface area contributed by atoms with E-state index in [1.165, 1.54) is 0 Å². The number of carbonyl (C=O) groups is 1. The molecule has 0 aromatic carbocycles. The van der Waals surface area contributed by atoms with Crippen LogP contribution >= 0.6 is 0 Å². The maximum Gasteiger partial charge on any atom is 0.471 e. The zero-order valence-corrected chi connectivity index (χ0v) is 8.18. The first kappa shape index (κ1) is 10.7. The van der Waals surface area contributed by atoms with Crippen LogP contribution < -0.4 is 5.32 Å². The fourth-order valence-electron chi connectivity index (χ4n) is 2.40. The van der Waals surface area contributed by atoms with Gasteiger partial charge in [0, 0.05) is 13.1 Å². The summed E-state index contributed by atoms with van der Waals surface area (Å²) >= 11 is 0. The van der Waals surface area contributed by atoms with Crippen LogP contribution in [-0.2, 0) is 4.79 Å². The molecule has 0 spiro atoms. The Morgan fingerprint density at radius 1 is 1.27 bits per heavy atom. The summed E-state index contributed by atoms with van der Waals surface area (Å²) in [5, 5.41) is 3.14. The third-order valence-electron chi connectivity index (χ3n) is 3.23. The first-order valence-electron chi connectivity index (χ1n) is 5.05. The molecule has 0 aliphatic carbocycles. The van der Waals surface area contributed by atoms with E-state index in [2.05, 4.69) is 5.32 Å². The molecule has 1 amide bonds. The molecule has 2 unspecified atom stereocenters. The average molecular weight is 222 g/mol. The first-order chi connectivity index (χ1) is 6.98. The molecule has 2 heterocycles. The van der Waals surface area contributed by atoms with Crippen molar-refractivity contribution >= 4 is 5.91 Å². The van der Waals surface area contributed by atoms with E-state index in [9.17, 15) is 18.0 Å². The molecule has 0 bridgehead atoms. The van der Waals surface area contributed by atoms with Crippen molar-refractivity contribution in [1.82, 2.24) is 10.2 Å². The van der Waals surface area contributed by atoms with Crippen molar-refractivity contribution in [3.63, 3.8) is 0 Å². The number of carbonyl (C=O) groups excluding carboxylic acids is 1. The Hall–Kier alpha value is -0.780. The number of hydrogen-bond acceptors (Lipinski definition) is 2. The Balaban J connectivity index is 1.98. The Kier molecular flexibility index (Phi) is 2.62. The lowest BCUT2D eigenvalue weighted by Crippen LogP contribution is -2.48. The highest BCUT2D eigenvalue weighted by molar-refractivity contribution is 5.81. The van der Waals surface area contributed by atoms with Crippen LogP contribution in [0, 0.1) is 11.8 Å². The van der Waals surface area contributed by atoms with Crippen molar-refractivity contribution in [3.8, 4) is 0 Å². The summed E-state index contributed by atoms with van der Waals surface area (Å²) in [7, 11) is 0. The smallest absolute Gasteiger partial charge is 0.335 e. The van der Waals surface area contributed by atoms with E-state index in [1.807, 2.05) is 0 Å². The highest BCUT2D eigenvalue weighted by Gasteiger charge is 2.45.